The first-order chi connectivity index (χ1) is 17.9. The number of fused-ring (bicyclic) bond motifs is 2. The standard InChI is InChI=1S/C31H32N2O3S/c1-37(35,36)24-12-10-22(11-13-24)25-7-3-4-8-26(25)27-20-32-21-28(27)30(34)33-18-16-31(17-19-33)15-14-23-6-2-5-9-29(23)31/h2-15,27-28,32H,16-21H2,1H3/t27-,28+/m0/s1. The SMILES string of the molecule is CS(=O)(=O)c1ccc(-c2ccccc2[C@@H]2CNC[C@H]2C(=O)N2CCC3(C=Cc4ccccc43)CC2)cc1. The highest BCUT2D eigenvalue weighted by Crippen LogP contribution is 2.44. The number of carbonyl (C=O) groups excluding carboxylic acids is 1. The Morgan fingerprint density at radius 3 is 2.38 bits per heavy atom. The lowest BCUT2D eigenvalue weighted by molar-refractivity contribution is -0.136. The Bertz CT molecular complexity index is 1470. The van der Waals surface area contributed by atoms with E-state index in [4.69, 9.17) is 0 Å². The number of sulfone groups is 1. The normalized spacial score (nSPS) is 22.4. The van der Waals surface area contributed by atoms with Crippen molar-refractivity contribution in [1.29, 1.82) is 0 Å². The van der Waals surface area contributed by atoms with E-state index in [9.17, 15) is 13.2 Å². The van der Waals surface area contributed by atoms with Gasteiger partial charge in [0.25, 0.3) is 0 Å². The van der Waals surface area contributed by atoms with Crippen molar-refractivity contribution in [3.63, 3.8) is 0 Å². The number of amides is 1. The fourth-order valence-electron chi connectivity index (χ4n) is 6.46. The Morgan fingerprint density at radius 1 is 0.919 bits per heavy atom. The highest BCUT2D eigenvalue weighted by Gasteiger charge is 2.42. The maximum Gasteiger partial charge on any atom is 0.227 e. The molecule has 2 aliphatic heterocycles. The number of nitrogens with zero attached hydrogens (tertiary/aromatic N) is 1. The Kier molecular flexibility index (Phi) is 6.04. The fraction of sp³-hybridized carbons (Fsp3) is 0.323. The van der Waals surface area contributed by atoms with Crippen molar-refractivity contribution in [2.45, 2.75) is 29.1 Å². The van der Waals surface area contributed by atoms with E-state index < -0.39 is 9.84 Å². The summed E-state index contributed by atoms with van der Waals surface area (Å²) in [7, 11) is -3.25. The van der Waals surface area contributed by atoms with Crippen LogP contribution in [0.2, 0.25) is 0 Å². The highest BCUT2D eigenvalue weighted by atomic mass is 32.2. The van der Waals surface area contributed by atoms with Gasteiger partial charge in [0.1, 0.15) is 0 Å². The van der Waals surface area contributed by atoms with Crippen LogP contribution in [0, 0.1) is 5.92 Å². The second kappa shape index (κ2) is 9.26. The average molecular weight is 513 g/mol. The third-order valence-electron chi connectivity index (χ3n) is 8.53. The summed E-state index contributed by atoms with van der Waals surface area (Å²) in [6.45, 7) is 2.97. The number of hydrogen-bond donors (Lipinski definition) is 1. The van der Waals surface area contributed by atoms with Gasteiger partial charge in [0, 0.05) is 43.8 Å². The van der Waals surface area contributed by atoms with Crippen LogP contribution in [0.5, 0.6) is 0 Å². The van der Waals surface area contributed by atoms with Gasteiger partial charge in [-0.1, -0.05) is 72.8 Å². The highest BCUT2D eigenvalue weighted by molar-refractivity contribution is 7.90. The largest absolute Gasteiger partial charge is 0.342 e. The maximum absolute atomic E-state index is 13.8. The van der Waals surface area contributed by atoms with Crippen LogP contribution in [0.4, 0.5) is 0 Å². The number of carbonyl (C=O) groups is 1. The van der Waals surface area contributed by atoms with E-state index in [0.29, 0.717) is 11.4 Å². The number of nitrogens with one attached hydrogen (secondary N) is 1. The van der Waals surface area contributed by atoms with Crippen LogP contribution in [0.1, 0.15) is 35.4 Å². The average Bonchev–Trinajstić information content (AvgIpc) is 3.54. The third kappa shape index (κ3) is 4.32. The smallest absolute Gasteiger partial charge is 0.227 e. The van der Waals surface area contributed by atoms with Crippen molar-refractivity contribution in [1.82, 2.24) is 10.2 Å². The minimum absolute atomic E-state index is 0.0609. The first-order valence-electron chi connectivity index (χ1n) is 13.0. The molecule has 2 fully saturated rings. The Morgan fingerprint density at radius 2 is 1.62 bits per heavy atom. The van der Waals surface area contributed by atoms with Gasteiger partial charge < -0.3 is 10.2 Å². The molecule has 6 rings (SSSR count). The van der Waals surface area contributed by atoms with Crippen LogP contribution >= 0.6 is 0 Å². The zero-order chi connectivity index (χ0) is 25.6. The molecule has 3 aromatic carbocycles. The molecular formula is C31H32N2O3S. The first-order valence-corrected chi connectivity index (χ1v) is 14.9. The van der Waals surface area contributed by atoms with Crippen LogP contribution in [0.25, 0.3) is 17.2 Å². The van der Waals surface area contributed by atoms with Crippen molar-refractivity contribution in [2.75, 3.05) is 32.4 Å². The molecule has 1 amide bonds. The van der Waals surface area contributed by atoms with Gasteiger partial charge in [-0.05, 0) is 52.8 Å². The molecule has 5 nitrogen and oxygen atoms in total. The van der Waals surface area contributed by atoms with Gasteiger partial charge in [0.05, 0.1) is 10.8 Å². The molecule has 1 N–H and O–H groups in total. The molecule has 2 saturated heterocycles. The summed E-state index contributed by atoms with van der Waals surface area (Å²) in [6.07, 6.45) is 7.73. The van der Waals surface area contributed by atoms with Gasteiger partial charge >= 0.3 is 0 Å². The summed E-state index contributed by atoms with van der Waals surface area (Å²) in [6, 6.07) is 23.9. The summed E-state index contributed by atoms with van der Waals surface area (Å²) in [5, 5.41) is 3.47. The Balaban J connectivity index is 1.22. The summed E-state index contributed by atoms with van der Waals surface area (Å²) >= 11 is 0. The van der Waals surface area contributed by atoms with Crippen LogP contribution in [-0.4, -0.2) is 51.7 Å². The molecule has 6 heteroatoms. The molecule has 2 atom stereocenters. The van der Waals surface area contributed by atoms with Crippen molar-refractivity contribution in [3.8, 4) is 11.1 Å². The molecule has 0 unspecified atom stereocenters. The van der Waals surface area contributed by atoms with Crippen LogP contribution in [0.3, 0.4) is 0 Å². The van der Waals surface area contributed by atoms with Crippen LogP contribution < -0.4 is 5.32 Å². The van der Waals surface area contributed by atoms with E-state index in [-0.39, 0.29) is 23.2 Å². The predicted molar refractivity (Wildman–Crippen MR) is 147 cm³/mol. The van der Waals surface area contributed by atoms with Gasteiger partial charge in [-0.3, -0.25) is 4.79 Å². The minimum Gasteiger partial charge on any atom is -0.342 e. The Labute approximate surface area is 219 Å². The van der Waals surface area contributed by atoms with E-state index in [0.717, 1.165) is 49.2 Å². The fourth-order valence-corrected chi connectivity index (χ4v) is 7.09. The van der Waals surface area contributed by atoms with E-state index >= 15 is 0 Å². The number of piperidine rings is 1. The lowest BCUT2D eigenvalue weighted by Crippen LogP contribution is -2.47. The maximum atomic E-state index is 13.8. The summed E-state index contributed by atoms with van der Waals surface area (Å²) in [5.74, 6) is 0.195. The van der Waals surface area contributed by atoms with Crippen molar-refractivity contribution in [3.05, 3.63) is 95.6 Å². The van der Waals surface area contributed by atoms with Crippen LogP contribution in [0.15, 0.2) is 83.8 Å². The minimum atomic E-state index is -3.25. The monoisotopic (exact) mass is 512 g/mol. The molecule has 3 aromatic rings. The van der Waals surface area contributed by atoms with Crippen molar-refractivity contribution < 1.29 is 13.2 Å². The number of benzene rings is 3. The molecule has 0 saturated carbocycles. The molecule has 1 spiro atoms. The predicted octanol–water partition coefficient (Wildman–Crippen LogP) is 4.65. The molecule has 190 valence electrons. The van der Waals surface area contributed by atoms with Gasteiger partial charge in [0.15, 0.2) is 9.84 Å². The number of likely N-dealkylation sites (tertiary alicyclic amines) is 1. The molecule has 0 radical (unpaired) electrons. The second-order valence-electron chi connectivity index (χ2n) is 10.7. The zero-order valence-corrected chi connectivity index (χ0v) is 21.9. The van der Waals surface area contributed by atoms with Gasteiger partial charge in [-0.15, -0.1) is 0 Å². The molecule has 0 bridgehead atoms. The van der Waals surface area contributed by atoms with Crippen molar-refractivity contribution >= 4 is 21.8 Å². The first kappa shape index (κ1) is 24.1. The molecule has 37 heavy (non-hydrogen) atoms. The lowest BCUT2D eigenvalue weighted by Gasteiger charge is -2.40. The molecule has 0 aromatic heterocycles. The quantitative estimate of drug-likeness (QED) is 0.553. The Hall–Kier alpha value is -3.22. The van der Waals surface area contributed by atoms with Gasteiger partial charge in [-0.2, -0.15) is 0 Å². The van der Waals surface area contributed by atoms with Crippen molar-refractivity contribution in [2.24, 2.45) is 5.92 Å². The molecule has 1 aliphatic carbocycles. The van der Waals surface area contributed by atoms with Crippen LogP contribution in [-0.2, 0) is 20.0 Å². The molecular weight excluding hydrogens is 480 g/mol. The van der Waals surface area contributed by atoms with E-state index in [1.807, 2.05) is 24.3 Å². The van der Waals surface area contributed by atoms with E-state index in [2.05, 4.69) is 58.8 Å². The molecule has 2 heterocycles. The lowest BCUT2D eigenvalue weighted by atomic mass is 9.74. The number of rotatable bonds is 4. The summed E-state index contributed by atoms with van der Waals surface area (Å²) < 4.78 is 23.8. The number of allylic oxidation sites excluding steroid dienone is 1. The topological polar surface area (TPSA) is 66.5 Å². The second-order valence-corrected chi connectivity index (χ2v) is 12.7. The summed E-state index contributed by atoms with van der Waals surface area (Å²) in [4.78, 5) is 16.2. The zero-order valence-electron chi connectivity index (χ0n) is 21.1. The van der Waals surface area contributed by atoms with Gasteiger partial charge in [0.2, 0.25) is 5.91 Å². The van der Waals surface area contributed by atoms with E-state index in [1.165, 1.54) is 17.4 Å². The number of hydrogen-bond acceptors (Lipinski definition) is 4. The van der Waals surface area contributed by atoms with E-state index in [1.54, 1.807) is 12.1 Å². The third-order valence-corrected chi connectivity index (χ3v) is 9.66. The van der Waals surface area contributed by atoms with Gasteiger partial charge in [-0.25, -0.2) is 8.42 Å². The summed E-state index contributed by atoms with van der Waals surface area (Å²) in [5.41, 5.74) is 5.93. The molecule has 3 aliphatic rings.